The van der Waals surface area contributed by atoms with Crippen molar-refractivity contribution in [1.29, 1.82) is 0 Å². The van der Waals surface area contributed by atoms with E-state index in [9.17, 15) is 10.1 Å². The van der Waals surface area contributed by atoms with Gasteiger partial charge in [0.15, 0.2) is 23.2 Å². The van der Waals surface area contributed by atoms with Gasteiger partial charge in [-0.2, -0.15) is 0 Å². The van der Waals surface area contributed by atoms with E-state index in [1.165, 1.54) is 6.07 Å². The number of nitrogens with zero attached hydrogens (tertiary/aromatic N) is 3. The molecule has 3 aromatic carbocycles. The number of esters is 1. The van der Waals surface area contributed by atoms with Gasteiger partial charge >= 0.3 is 5.97 Å². The second kappa shape index (κ2) is 12.3. The van der Waals surface area contributed by atoms with Gasteiger partial charge in [-0.05, 0) is 36.4 Å². The summed E-state index contributed by atoms with van der Waals surface area (Å²) >= 11 is 0. The summed E-state index contributed by atoms with van der Waals surface area (Å²) in [6, 6.07) is 19.5. The van der Waals surface area contributed by atoms with Crippen LogP contribution >= 0.6 is 0 Å². The lowest BCUT2D eigenvalue weighted by atomic mass is 10.1. The molecule has 0 spiro atoms. The van der Waals surface area contributed by atoms with Crippen LogP contribution in [0.15, 0.2) is 79.4 Å². The highest BCUT2D eigenvalue weighted by atomic mass is 17.1. The van der Waals surface area contributed by atoms with E-state index in [1.54, 1.807) is 26.4 Å². The second-order valence-electron chi connectivity index (χ2n) is 7.68. The Morgan fingerprint density at radius 3 is 1.82 bits per heavy atom. The molecule has 1 aromatic heterocycles. The molecule has 0 aliphatic carbocycles. The highest BCUT2D eigenvalue weighted by Crippen LogP contribution is 2.36. The van der Waals surface area contributed by atoms with Crippen molar-refractivity contribution in [2.45, 2.75) is 0 Å². The first kappa shape index (κ1) is 26.1. The lowest BCUT2D eigenvalue weighted by Crippen LogP contribution is -2.10. The van der Waals surface area contributed by atoms with Crippen molar-refractivity contribution in [2.24, 2.45) is 0 Å². The number of aromatic nitrogens is 3. The quantitative estimate of drug-likeness (QED) is 0.0975. The van der Waals surface area contributed by atoms with Gasteiger partial charge in [0.25, 0.3) is 0 Å². The largest absolute Gasteiger partial charge is 0.496 e. The van der Waals surface area contributed by atoms with Gasteiger partial charge < -0.3 is 23.8 Å². The molecule has 0 amide bonds. The SMILES string of the molecule is C=CC(=O)OCCOc1ccc(-c2nc(-c3ccccc3OC)nc(-c3ccccc3OC)n2)c(OO)c1. The van der Waals surface area contributed by atoms with Crippen LogP contribution in [0.2, 0.25) is 0 Å². The van der Waals surface area contributed by atoms with E-state index in [4.69, 9.17) is 23.9 Å². The van der Waals surface area contributed by atoms with Gasteiger partial charge in [0.1, 0.15) is 30.5 Å². The van der Waals surface area contributed by atoms with Crippen molar-refractivity contribution < 1.29 is 33.9 Å². The Kier molecular flexibility index (Phi) is 8.47. The van der Waals surface area contributed by atoms with Crippen LogP contribution in [0, 0.1) is 0 Å². The molecule has 0 aliphatic heterocycles. The molecule has 10 nitrogen and oxygen atoms in total. The van der Waals surface area contributed by atoms with Crippen LogP contribution in [0.1, 0.15) is 0 Å². The molecule has 4 aromatic rings. The normalized spacial score (nSPS) is 10.4. The molecule has 10 heteroatoms. The second-order valence-corrected chi connectivity index (χ2v) is 7.68. The maximum Gasteiger partial charge on any atom is 0.330 e. The van der Waals surface area contributed by atoms with E-state index < -0.39 is 5.97 Å². The number of rotatable bonds is 11. The van der Waals surface area contributed by atoms with Crippen molar-refractivity contribution >= 4 is 5.97 Å². The smallest absolute Gasteiger partial charge is 0.330 e. The van der Waals surface area contributed by atoms with Gasteiger partial charge in [-0.25, -0.2) is 25.0 Å². The Hall–Kier alpha value is -4.96. The van der Waals surface area contributed by atoms with E-state index in [0.29, 0.717) is 45.6 Å². The van der Waals surface area contributed by atoms with Crippen molar-refractivity contribution in [3.8, 4) is 57.2 Å². The Morgan fingerprint density at radius 2 is 1.32 bits per heavy atom. The fraction of sp³-hybridized carbons (Fsp3) is 0.143. The third-order valence-electron chi connectivity index (χ3n) is 5.39. The van der Waals surface area contributed by atoms with Gasteiger partial charge in [0.05, 0.1) is 30.9 Å². The molecule has 0 saturated heterocycles. The van der Waals surface area contributed by atoms with Gasteiger partial charge in [0.2, 0.25) is 0 Å². The molecular formula is C28H25N3O7. The molecule has 1 N–H and O–H groups in total. The number of ether oxygens (including phenoxy) is 4. The van der Waals surface area contributed by atoms with Crippen LogP contribution in [-0.4, -0.2) is 53.6 Å². The predicted molar refractivity (Wildman–Crippen MR) is 139 cm³/mol. The summed E-state index contributed by atoms with van der Waals surface area (Å²) in [4.78, 5) is 29.9. The van der Waals surface area contributed by atoms with Crippen molar-refractivity contribution in [3.63, 3.8) is 0 Å². The third-order valence-corrected chi connectivity index (χ3v) is 5.39. The number of hydrogen-bond acceptors (Lipinski definition) is 10. The van der Waals surface area contributed by atoms with E-state index in [1.807, 2.05) is 48.5 Å². The van der Waals surface area contributed by atoms with E-state index in [2.05, 4.69) is 21.4 Å². The zero-order valence-corrected chi connectivity index (χ0v) is 20.8. The third kappa shape index (κ3) is 5.88. The van der Waals surface area contributed by atoms with Gasteiger partial charge in [-0.1, -0.05) is 30.8 Å². The average molecular weight is 516 g/mol. The molecule has 0 fully saturated rings. The molecule has 0 bridgehead atoms. The lowest BCUT2D eigenvalue weighted by molar-refractivity contribution is -0.138. The van der Waals surface area contributed by atoms with Gasteiger partial charge in [0, 0.05) is 12.1 Å². The van der Waals surface area contributed by atoms with Crippen LogP contribution in [-0.2, 0) is 9.53 Å². The summed E-state index contributed by atoms with van der Waals surface area (Å²) < 4.78 is 21.5. The van der Waals surface area contributed by atoms with Crippen LogP contribution in [0.3, 0.4) is 0 Å². The molecule has 1 heterocycles. The van der Waals surface area contributed by atoms with Crippen molar-refractivity contribution in [3.05, 3.63) is 79.4 Å². The number of carbonyl (C=O) groups is 1. The topological polar surface area (TPSA) is 122 Å². The van der Waals surface area contributed by atoms with Crippen LogP contribution in [0.25, 0.3) is 34.2 Å². The number of benzene rings is 3. The number of hydrogen-bond donors (Lipinski definition) is 1. The molecule has 0 atom stereocenters. The minimum Gasteiger partial charge on any atom is -0.496 e. The Balaban J connectivity index is 1.78. The molecule has 0 radical (unpaired) electrons. The molecule has 194 valence electrons. The monoisotopic (exact) mass is 515 g/mol. The highest BCUT2D eigenvalue weighted by molar-refractivity contribution is 5.81. The molecule has 38 heavy (non-hydrogen) atoms. The Morgan fingerprint density at radius 1 is 0.789 bits per heavy atom. The fourth-order valence-corrected chi connectivity index (χ4v) is 3.61. The predicted octanol–water partition coefficient (Wildman–Crippen LogP) is 4.85. The summed E-state index contributed by atoms with van der Waals surface area (Å²) in [5.41, 5.74) is 1.68. The summed E-state index contributed by atoms with van der Waals surface area (Å²) in [5, 5.41) is 9.67. The molecule has 0 saturated carbocycles. The minimum atomic E-state index is -0.546. The fourth-order valence-electron chi connectivity index (χ4n) is 3.61. The first-order valence-corrected chi connectivity index (χ1v) is 11.5. The van der Waals surface area contributed by atoms with E-state index >= 15 is 0 Å². The van der Waals surface area contributed by atoms with E-state index in [0.717, 1.165) is 6.08 Å². The maximum atomic E-state index is 11.2. The minimum absolute atomic E-state index is 0.0277. The summed E-state index contributed by atoms with van der Waals surface area (Å²) in [7, 11) is 3.13. The first-order valence-electron chi connectivity index (χ1n) is 11.5. The van der Waals surface area contributed by atoms with E-state index in [-0.39, 0.29) is 24.8 Å². The average Bonchev–Trinajstić information content (AvgIpc) is 2.98. The van der Waals surface area contributed by atoms with Crippen LogP contribution in [0.4, 0.5) is 0 Å². The highest BCUT2D eigenvalue weighted by Gasteiger charge is 2.19. The number of para-hydroxylation sites is 2. The summed E-state index contributed by atoms with van der Waals surface area (Å²) in [5.74, 6) is 1.96. The molecular weight excluding hydrogens is 490 g/mol. The first-order chi connectivity index (χ1) is 18.6. The molecule has 0 aliphatic rings. The summed E-state index contributed by atoms with van der Waals surface area (Å²) in [6.07, 6.45) is 1.07. The lowest BCUT2D eigenvalue weighted by Gasteiger charge is -2.14. The number of methoxy groups -OCH3 is 2. The van der Waals surface area contributed by atoms with Crippen molar-refractivity contribution in [2.75, 3.05) is 27.4 Å². The zero-order chi connectivity index (χ0) is 26.9. The molecule has 0 unspecified atom stereocenters. The summed E-state index contributed by atoms with van der Waals surface area (Å²) in [6.45, 7) is 3.46. The Labute approximate surface area is 219 Å². The van der Waals surface area contributed by atoms with Gasteiger partial charge in [-0.3, -0.25) is 0 Å². The maximum absolute atomic E-state index is 11.2. The van der Waals surface area contributed by atoms with Gasteiger partial charge in [-0.15, -0.1) is 0 Å². The number of carbonyl (C=O) groups excluding carboxylic acids is 1. The Bertz CT molecular complexity index is 1380. The van der Waals surface area contributed by atoms with Crippen LogP contribution < -0.4 is 19.1 Å². The zero-order valence-electron chi connectivity index (χ0n) is 20.8. The standard InChI is InChI=1S/C28H25N3O7/c1-4-25(32)37-16-15-36-18-13-14-21(24(17-18)38-33)28-30-26(19-9-5-7-11-22(19)34-2)29-27(31-28)20-10-6-8-12-23(20)35-3/h4-14,17,33H,1,15-16H2,2-3H3. The van der Waals surface area contributed by atoms with Crippen molar-refractivity contribution in [1.82, 2.24) is 15.0 Å². The van der Waals surface area contributed by atoms with Crippen LogP contribution in [0.5, 0.6) is 23.0 Å². The molecule has 4 rings (SSSR count).